The Morgan fingerprint density at radius 1 is 1.09 bits per heavy atom. The molecule has 1 aromatic carbocycles. The van der Waals surface area contributed by atoms with Gasteiger partial charge in [0.1, 0.15) is 5.75 Å². The van der Waals surface area contributed by atoms with Crippen molar-refractivity contribution in [1.29, 1.82) is 0 Å². The minimum Gasteiger partial charge on any atom is -0.497 e. The Kier molecular flexibility index (Phi) is 2.03. The fourth-order valence-electron chi connectivity index (χ4n) is 0.650. The Balaban J connectivity index is 3.21. The molecule has 11 heavy (non-hydrogen) atoms. The van der Waals surface area contributed by atoms with Gasteiger partial charge in [0, 0.05) is 12.1 Å². The van der Waals surface area contributed by atoms with Crippen molar-refractivity contribution in [2.75, 3.05) is 7.11 Å². The average Bonchev–Trinajstić information content (AvgIpc) is 1.99. The number of ether oxygens (including phenoxy) is 1. The summed E-state index contributed by atoms with van der Waals surface area (Å²) in [6.45, 7) is 0. The smallest absolute Gasteiger partial charge is 0.194 e. The lowest BCUT2D eigenvalue weighted by atomic mass is 10.3. The number of hydrogen-bond donors (Lipinski definition) is 0. The Morgan fingerprint density at radius 3 is 1.91 bits per heavy atom. The molecular weight excluding hydrogens is 157 g/mol. The van der Waals surface area contributed by atoms with Gasteiger partial charge in [-0.15, -0.1) is 0 Å². The molecule has 0 saturated heterocycles. The van der Waals surface area contributed by atoms with Crippen molar-refractivity contribution in [3.8, 4) is 5.75 Å². The van der Waals surface area contributed by atoms with E-state index in [1.54, 1.807) is 0 Å². The lowest BCUT2D eigenvalue weighted by Crippen LogP contribution is -1.92. The van der Waals surface area contributed by atoms with Gasteiger partial charge in [0.15, 0.2) is 17.5 Å². The van der Waals surface area contributed by atoms with Crippen LogP contribution in [0.1, 0.15) is 0 Å². The largest absolute Gasteiger partial charge is 0.497 e. The molecule has 1 rings (SSSR count). The molecule has 0 amide bonds. The number of halogens is 3. The van der Waals surface area contributed by atoms with Crippen LogP contribution in [0.25, 0.3) is 0 Å². The SMILES string of the molecule is COc1cc(F)c(F)c(F)c1. The molecule has 0 unspecified atom stereocenters. The Morgan fingerprint density at radius 2 is 1.55 bits per heavy atom. The average molecular weight is 162 g/mol. The summed E-state index contributed by atoms with van der Waals surface area (Å²) in [6.07, 6.45) is 0. The standard InChI is InChI=1S/C7H5F3O/c1-11-4-2-5(8)7(10)6(9)3-4/h2-3H,1H3. The fourth-order valence-corrected chi connectivity index (χ4v) is 0.650. The van der Waals surface area contributed by atoms with Gasteiger partial charge in [-0.2, -0.15) is 0 Å². The molecule has 0 spiro atoms. The molecule has 0 atom stereocenters. The van der Waals surface area contributed by atoms with Crippen LogP contribution in [0.2, 0.25) is 0 Å². The quantitative estimate of drug-likeness (QED) is 0.574. The van der Waals surface area contributed by atoms with Crippen molar-refractivity contribution in [3.63, 3.8) is 0 Å². The number of rotatable bonds is 1. The minimum atomic E-state index is -1.48. The van der Waals surface area contributed by atoms with Gasteiger partial charge in [0.05, 0.1) is 7.11 Å². The molecule has 1 aromatic rings. The van der Waals surface area contributed by atoms with Gasteiger partial charge >= 0.3 is 0 Å². The fraction of sp³-hybridized carbons (Fsp3) is 0.143. The van der Waals surface area contributed by atoms with Crippen LogP contribution in [0, 0.1) is 17.5 Å². The van der Waals surface area contributed by atoms with E-state index in [9.17, 15) is 13.2 Å². The van der Waals surface area contributed by atoms with Crippen molar-refractivity contribution < 1.29 is 17.9 Å². The van der Waals surface area contributed by atoms with Gasteiger partial charge in [0.25, 0.3) is 0 Å². The second kappa shape index (κ2) is 2.82. The van der Waals surface area contributed by atoms with Crippen molar-refractivity contribution in [3.05, 3.63) is 29.6 Å². The van der Waals surface area contributed by atoms with Crippen molar-refractivity contribution >= 4 is 0 Å². The van der Waals surface area contributed by atoms with Crippen LogP contribution in [-0.2, 0) is 0 Å². The first kappa shape index (κ1) is 7.91. The highest BCUT2D eigenvalue weighted by atomic mass is 19.2. The molecule has 0 aliphatic carbocycles. The number of benzene rings is 1. The zero-order valence-electron chi connectivity index (χ0n) is 5.70. The van der Waals surface area contributed by atoms with Crippen LogP contribution in [0.3, 0.4) is 0 Å². The maximum absolute atomic E-state index is 12.3. The Bertz CT molecular complexity index is 249. The highest BCUT2D eigenvalue weighted by molar-refractivity contribution is 5.24. The predicted octanol–water partition coefficient (Wildman–Crippen LogP) is 2.11. The monoisotopic (exact) mass is 162 g/mol. The van der Waals surface area contributed by atoms with E-state index in [2.05, 4.69) is 4.74 Å². The minimum absolute atomic E-state index is 0.0404. The molecule has 0 aliphatic rings. The van der Waals surface area contributed by atoms with E-state index >= 15 is 0 Å². The topological polar surface area (TPSA) is 9.23 Å². The van der Waals surface area contributed by atoms with Crippen LogP contribution in [-0.4, -0.2) is 7.11 Å². The molecule has 4 heteroatoms. The Hall–Kier alpha value is -1.19. The van der Waals surface area contributed by atoms with Crippen LogP contribution >= 0.6 is 0 Å². The number of hydrogen-bond acceptors (Lipinski definition) is 1. The summed E-state index contributed by atoms with van der Waals surface area (Å²) in [4.78, 5) is 0. The maximum atomic E-state index is 12.3. The predicted molar refractivity (Wildman–Crippen MR) is 32.9 cm³/mol. The van der Waals surface area contributed by atoms with Gasteiger partial charge in [-0.1, -0.05) is 0 Å². The van der Waals surface area contributed by atoms with Crippen LogP contribution in [0.5, 0.6) is 5.75 Å². The van der Waals surface area contributed by atoms with Crippen molar-refractivity contribution in [1.82, 2.24) is 0 Å². The normalized spacial score (nSPS) is 9.82. The lowest BCUT2D eigenvalue weighted by molar-refractivity contribution is 0.391. The summed E-state index contributed by atoms with van der Waals surface area (Å²) in [5.41, 5.74) is 0. The Labute approximate surface area is 61.4 Å². The van der Waals surface area contributed by atoms with E-state index < -0.39 is 17.5 Å². The van der Waals surface area contributed by atoms with E-state index in [0.29, 0.717) is 0 Å². The molecule has 0 N–H and O–H groups in total. The molecule has 0 heterocycles. The first-order valence-electron chi connectivity index (χ1n) is 2.83. The molecular formula is C7H5F3O. The van der Waals surface area contributed by atoms with Gasteiger partial charge in [0.2, 0.25) is 0 Å². The second-order valence-corrected chi connectivity index (χ2v) is 1.91. The van der Waals surface area contributed by atoms with Gasteiger partial charge in [-0.3, -0.25) is 0 Å². The van der Waals surface area contributed by atoms with Gasteiger partial charge < -0.3 is 4.74 Å². The molecule has 0 saturated carbocycles. The van der Waals surface area contributed by atoms with E-state index in [-0.39, 0.29) is 5.75 Å². The first-order chi connectivity index (χ1) is 5.15. The van der Waals surface area contributed by atoms with E-state index in [0.717, 1.165) is 12.1 Å². The third kappa shape index (κ3) is 1.45. The number of methoxy groups -OCH3 is 1. The molecule has 0 bridgehead atoms. The van der Waals surface area contributed by atoms with Gasteiger partial charge in [-0.25, -0.2) is 13.2 Å². The van der Waals surface area contributed by atoms with Crippen LogP contribution < -0.4 is 4.74 Å². The molecule has 0 aromatic heterocycles. The van der Waals surface area contributed by atoms with Crippen molar-refractivity contribution in [2.45, 2.75) is 0 Å². The van der Waals surface area contributed by atoms with Gasteiger partial charge in [-0.05, 0) is 0 Å². The summed E-state index contributed by atoms with van der Waals surface area (Å²) in [5.74, 6) is -4.02. The van der Waals surface area contributed by atoms with Crippen LogP contribution in [0.4, 0.5) is 13.2 Å². The van der Waals surface area contributed by atoms with Crippen LogP contribution in [0.15, 0.2) is 12.1 Å². The lowest BCUT2D eigenvalue weighted by Gasteiger charge is -2.00. The molecule has 0 radical (unpaired) electrons. The summed E-state index contributed by atoms with van der Waals surface area (Å²) in [5, 5.41) is 0. The summed E-state index contributed by atoms with van der Waals surface area (Å²) in [6, 6.07) is 1.55. The highest BCUT2D eigenvalue weighted by Crippen LogP contribution is 2.18. The molecule has 60 valence electrons. The first-order valence-corrected chi connectivity index (χ1v) is 2.83. The molecule has 1 nitrogen and oxygen atoms in total. The molecule has 0 fully saturated rings. The molecule has 0 aliphatic heterocycles. The summed E-state index contributed by atoms with van der Waals surface area (Å²) in [7, 11) is 1.24. The van der Waals surface area contributed by atoms with E-state index in [1.807, 2.05) is 0 Å². The maximum Gasteiger partial charge on any atom is 0.194 e. The second-order valence-electron chi connectivity index (χ2n) is 1.91. The third-order valence-electron chi connectivity index (χ3n) is 1.19. The zero-order valence-corrected chi connectivity index (χ0v) is 5.70. The summed E-state index contributed by atoms with van der Waals surface area (Å²) >= 11 is 0. The van der Waals surface area contributed by atoms with E-state index in [4.69, 9.17) is 0 Å². The third-order valence-corrected chi connectivity index (χ3v) is 1.19. The summed E-state index contributed by atoms with van der Waals surface area (Å²) < 4.78 is 41.4. The zero-order chi connectivity index (χ0) is 8.43. The highest BCUT2D eigenvalue weighted by Gasteiger charge is 2.09. The van der Waals surface area contributed by atoms with Crippen molar-refractivity contribution in [2.24, 2.45) is 0 Å². The van der Waals surface area contributed by atoms with E-state index in [1.165, 1.54) is 7.11 Å².